The molecule has 0 bridgehead atoms. The Morgan fingerprint density at radius 1 is 1.10 bits per heavy atom. The normalized spacial score (nSPS) is 18.5. The largest absolute Gasteiger partial charge is 0.481 e. The van der Waals surface area contributed by atoms with Crippen molar-refractivity contribution in [2.24, 2.45) is 0 Å². The van der Waals surface area contributed by atoms with E-state index in [0.29, 0.717) is 11.7 Å². The number of hydrogen-bond acceptors (Lipinski definition) is 6. The summed E-state index contributed by atoms with van der Waals surface area (Å²) in [5, 5.41) is 9.23. The van der Waals surface area contributed by atoms with Gasteiger partial charge in [0.25, 0.3) is 0 Å². The maximum atomic E-state index is 13.4. The van der Waals surface area contributed by atoms with E-state index in [1.165, 1.54) is 5.71 Å². The van der Waals surface area contributed by atoms with Gasteiger partial charge < -0.3 is 5.11 Å². The maximum absolute atomic E-state index is 13.4. The summed E-state index contributed by atoms with van der Waals surface area (Å²) in [6.45, 7) is 11.1. The van der Waals surface area contributed by atoms with Crippen LogP contribution in [-0.2, 0) is 33.9 Å². The topological polar surface area (TPSA) is 94.3 Å². The van der Waals surface area contributed by atoms with Gasteiger partial charge in [-0.15, -0.1) is 9.35 Å². The quantitative estimate of drug-likeness (QED) is 0.140. The highest BCUT2D eigenvalue weighted by Crippen LogP contribution is 2.50. The average Bonchev–Trinajstić information content (AvgIpc) is 2.96. The molecule has 1 aromatic carbocycles. The number of carboxylic acid groups (broad SMARTS) is 1. The molecule has 1 aromatic rings. The van der Waals surface area contributed by atoms with E-state index in [0.717, 1.165) is 37.1 Å². The van der Waals surface area contributed by atoms with E-state index in [2.05, 4.69) is 25.3 Å². The van der Waals surface area contributed by atoms with Crippen molar-refractivity contribution < 1.29 is 38.2 Å². The Hall–Kier alpha value is -1.57. The van der Waals surface area contributed by atoms with Crippen molar-refractivity contribution in [2.45, 2.75) is 72.1 Å². The Labute approximate surface area is 184 Å². The molecule has 0 fully saturated rings. The van der Waals surface area contributed by atoms with Gasteiger partial charge in [-0.25, -0.2) is 14.3 Å². The zero-order valence-corrected chi connectivity index (χ0v) is 20.1. The highest BCUT2D eigenvalue weighted by molar-refractivity contribution is 7.62. The molecule has 0 radical (unpaired) electrons. The molecular formula is C22H35NO7P+. The second-order valence-corrected chi connectivity index (χ2v) is 9.59. The lowest BCUT2D eigenvalue weighted by atomic mass is 9.76. The molecule has 1 heterocycles. The molecule has 31 heavy (non-hydrogen) atoms. The number of nitrogens with zero attached hydrogens (tertiary/aromatic N) is 1. The molecule has 0 amide bonds. The molecule has 1 unspecified atom stereocenters. The molecule has 0 saturated heterocycles. The zero-order valence-electron chi connectivity index (χ0n) is 19.2. The number of hydrogen-bond donors (Lipinski definition) is 1. The number of rotatable bonds is 14. The summed E-state index contributed by atoms with van der Waals surface area (Å²) in [5.74, 6) is -0.763. The lowest BCUT2D eigenvalue weighted by molar-refractivity contribution is -0.434. The first-order chi connectivity index (χ1) is 14.7. The summed E-state index contributed by atoms with van der Waals surface area (Å²) in [4.78, 5) is 20.7. The number of benzene rings is 1. The van der Waals surface area contributed by atoms with Crippen molar-refractivity contribution in [3.8, 4) is 0 Å². The van der Waals surface area contributed by atoms with Crippen LogP contribution < -0.4 is 5.30 Å². The van der Waals surface area contributed by atoms with Gasteiger partial charge in [0.1, 0.15) is 6.54 Å². The van der Waals surface area contributed by atoms with Gasteiger partial charge in [0.2, 0.25) is 5.69 Å². The van der Waals surface area contributed by atoms with Crippen molar-refractivity contribution in [1.82, 2.24) is 0 Å². The van der Waals surface area contributed by atoms with Crippen molar-refractivity contribution in [3.05, 3.63) is 23.8 Å². The van der Waals surface area contributed by atoms with Gasteiger partial charge in [0.05, 0.1) is 23.9 Å². The summed E-state index contributed by atoms with van der Waals surface area (Å²) in [6.07, 6.45) is 3.44. The molecule has 2 rings (SSSR count). The molecule has 0 aromatic heterocycles. The summed E-state index contributed by atoms with van der Waals surface area (Å²) < 4.78 is 25.9. The Bertz CT molecular complexity index is 842. The molecule has 9 heteroatoms. The first-order valence-electron chi connectivity index (χ1n) is 10.9. The molecule has 1 N–H and O–H groups in total. The second kappa shape index (κ2) is 11.3. The molecule has 1 aliphatic rings. The molecule has 0 saturated carbocycles. The molecule has 174 valence electrons. The molecule has 8 nitrogen and oxygen atoms in total. The van der Waals surface area contributed by atoms with E-state index < -0.39 is 13.6 Å². The number of carboxylic acids is 1. The summed E-state index contributed by atoms with van der Waals surface area (Å²) in [7, 11) is -3.83. The standard InChI is InChI=1S/C22H34NO7P/c1-6-23-17(4)22(5,15-11-9-10-12-21(24)25)19-16-18(13-14-20(19)23)31(26,29-27-7-2)30-28-8-3/h13-14,16H,6-12,15H2,1-5H3/p+1. The monoisotopic (exact) mass is 456 g/mol. The highest BCUT2D eigenvalue weighted by atomic mass is 31.2. The zero-order chi connectivity index (χ0) is 23.1. The number of aliphatic carboxylic acids is 1. The van der Waals surface area contributed by atoms with Gasteiger partial charge in [0, 0.05) is 25.0 Å². The number of unbranched alkanes of at least 4 members (excludes halogenated alkanes) is 2. The Morgan fingerprint density at radius 3 is 2.29 bits per heavy atom. The number of carbonyl (C=O) groups is 1. The van der Waals surface area contributed by atoms with Crippen molar-refractivity contribution >= 4 is 30.3 Å². The fourth-order valence-corrected chi connectivity index (χ4v) is 5.27. The molecule has 1 aliphatic heterocycles. The minimum atomic E-state index is -3.83. The van der Waals surface area contributed by atoms with Crippen LogP contribution in [0.3, 0.4) is 0 Å². The van der Waals surface area contributed by atoms with Crippen LogP contribution in [0.2, 0.25) is 0 Å². The van der Waals surface area contributed by atoms with Crippen LogP contribution in [-0.4, -0.2) is 41.1 Å². The predicted octanol–water partition coefficient (Wildman–Crippen LogP) is 4.87. The lowest BCUT2D eigenvalue weighted by Gasteiger charge is -2.23. The van der Waals surface area contributed by atoms with Crippen LogP contribution in [0.25, 0.3) is 0 Å². The summed E-state index contributed by atoms with van der Waals surface area (Å²) >= 11 is 0. The predicted molar refractivity (Wildman–Crippen MR) is 118 cm³/mol. The van der Waals surface area contributed by atoms with E-state index in [4.69, 9.17) is 24.2 Å². The van der Waals surface area contributed by atoms with E-state index in [1.54, 1.807) is 19.9 Å². The fourth-order valence-electron chi connectivity index (χ4n) is 4.04. The maximum Gasteiger partial charge on any atom is 0.414 e. The Morgan fingerprint density at radius 2 is 1.74 bits per heavy atom. The third-order valence-electron chi connectivity index (χ3n) is 5.81. The van der Waals surface area contributed by atoms with Gasteiger partial charge in [0.15, 0.2) is 5.71 Å². The lowest BCUT2D eigenvalue weighted by Crippen LogP contribution is -2.30. The van der Waals surface area contributed by atoms with Crippen LogP contribution in [0.4, 0.5) is 5.69 Å². The smallest absolute Gasteiger partial charge is 0.414 e. The van der Waals surface area contributed by atoms with Crippen LogP contribution in [0.15, 0.2) is 18.2 Å². The highest BCUT2D eigenvalue weighted by Gasteiger charge is 2.47. The van der Waals surface area contributed by atoms with E-state index >= 15 is 0 Å². The van der Waals surface area contributed by atoms with Gasteiger partial charge in [-0.1, -0.05) is 12.8 Å². The average molecular weight is 456 g/mol. The van der Waals surface area contributed by atoms with Crippen molar-refractivity contribution in [1.29, 1.82) is 0 Å². The Balaban J connectivity index is 2.36. The third-order valence-corrected chi connectivity index (χ3v) is 7.32. The van der Waals surface area contributed by atoms with Crippen LogP contribution in [0.5, 0.6) is 0 Å². The van der Waals surface area contributed by atoms with E-state index in [1.807, 2.05) is 12.1 Å². The first-order valence-corrected chi connectivity index (χ1v) is 12.5. The van der Waals surface area contributed by atoms with Gasteiger partial charge in [-0.05, 0) is 52.7 Å². The molecular weight excluding hydrogens is 421 g/mol. The molecule has 0 aliphatic carbocycles. The van der Waals surface area contributed by atoms with Gasteiger partial charge >= 0.3 is 13.6 Å². The minimum absolute atomic E-state index is 0.188. The van der Waals surface area contributed by atoms with Crippen LogP contribution in [0.1, 0.15) is 72.3 Å². The van der Waals surface area contributed by atoms with Crippen molar-refractivity contribution in [2.75, 3.05) is 19.8 Å². The first kappa shape index (κ1) is 25.7. The van der Waals surface area contributed by atoms with E-state index in [-0.39, 0.29) is 25.0 Å². The third kappa shape index (κ3) is 5.82. The minimum Gasteiger partial charge on any atom is -0.481 e. The Kier molecular flexibility index (Phi) is 9.40. The van der Waals surface area contributed by atoms with E-state index in [9.17, 15) is 9.36 Å². The summed E-state index contributed by atoms with van der Waals surface area (Å²) in [5.41, 5.74) is 3.05. The molecule has 0 spiro atoms. The van der Waals surface area contributed by atoms with Gasteiger partial charge in [-0.2, -0.15) is 4.58 Å². The fraction of sp³-hybridized carbons (Fsp3) is 0.636. The van der Waals surface area contributed by atoms with Crippen LogP contribution in [0, 0.1) is 0 Å². The van der Waals surface area contributed by atoms with Crippen LogP contribution >= 0.6 is 7.60 Å². The van der Waals surface area contributed by atoms with Gasteiger partial charge in [-0.3, -0.25) is 4.79 Å². The SMILES string of the molecule is CCOOP(=O)(OOCC)c1ccc2c(c1)C(C)(CCCCCC(=O)O)C(C)=[N+]2CC. The number of fused-ring (bicyclic) bond motifs is 1. The molecule has 1 atom stereocenters. The second-order valence-electron chi connectivity index (χ2n) is 7.78. The summed E-state index contributed by atoms with van der Waals surface area (Å²) in [6, 6.07) is 5.53. The van der Waals surface area contributed by atoms with Crippen molar-refractivity contribution in [3.63, 3.8) is 0 Å².